The number of phenolic OH excluding ortho intramolecular Hbond substituents is 1. The van der Waals surface area contributed by atoms with Crippen molar-refractivity contribution in [3.63, 3.8) is 0 Å². The first kappa shape index (κ1) is 24.3. The molecular weight excluding hydrogens is 440 g/mol. The van der Waals surface area contributed by atoms with Gasteiger partial charge in [0.25, 0.3) is 0 Å². The van der Waals surface area contributed by atoms with Gasteiger partial charge in [0, 0.05) is 29.8 Å². The summed E-state index contributed by atoms with van der Waals surface area (Å²) in [7, 11) is 2.65. The van der Waals surface area contributed by atoms with Crippen LogP contribution < -0.4 is 0 Å². The van der Waals surface area contributed by atoms with Crippen LogP contribution in [0.4, 0.5) is 0 Å². The summed E-state index contributed by atoms with van der Waals surface area (Å²) in [5, 5.41) is 12.3. The molecule has 2 aromatic heterocycles. The fourth-order valence-corrected chi connectivity index (χ4v) is 4.22. The number of ether oxygens (including phenoxy) is 2. The van der Waals surface area contributed by atoms with Crippen LogP contribution in [0.2, 0.25) is 0 Å². The fourth-order valence-electron chi connectivity index (χ4n) is 3.49. The zero-order valence-corrected chi connectivity index (χ0v) is 19.9. The van der Waals surface area contributed by atoms with Crippen molar-refractivity contribution in [1.82, 2.24) is 9.55 Å². The molecule has 0 fully saturated rings. The molecule has 8 heteroatoms. The Morgan fingerprint density at radius 3 is 2.67 bits per heavy atom. The maximum atomic E-state index is 12.5. The topological polar surface area (TPSA) is 90.7 Å². The molecule has 3 rings (SSSR count). The van der Waals surface area contributed by atoms with E-state index in [-0.39, 0.29) is 17.3 Å². The zero-order chi connectivity index (χ0) is 23.8. The second-order valence-corrected chi connectivity index (χ2v) is 8.58. The summed E-state index contributed by atoms with van der Waals surface area (Å²) in [5.41, 5.74) is 2.21. The monoisotopic (exact) mass is 468 g/mol. The van der Waals surface area contributed by atoms with Gasteiger partial charge in [0.05, 0.1) is 26.1 Å². The molecule has 0 amide bonds. The van der Waals surface area contributed by atoms with Crippen molar-refractivity contribution in [2.75, 3.05) is 14.2 Å². The van der Waals surface area contributed by atoms with E-state index in [4.69, 9.17) is 9.47 Å². The molecule has 0 unspecified atom stereocenters. The van der Waals surface area contributed by atoms with Gasteiger partial charge in [-0.3, -0.25) is 0 Å². The zero-order valence-electron chi connectivity index (χ0n) is 19.0. The Morgan fingerprint density at radius 2 is 2.03 bits per heavy atom. The lowest BCUT2D eigenvalue weighted by atomic mass is 10.1. The molecule has 174 valence electrons. The van der Waals surface area contributed by atoms with E-state index in [1.165, 1.54) is 14.2 Å². The number of hydrogen-bond donors (Lipinski definition) is 1. The molecule has 2 heterocycles. The van der Waals surface area contributed by atoms with E-state index in [1.54, 1.807) is 35.7 Å². The molecular formula is C25H28N2O5S. The van der Waals surface area contributed by atoms with E-state index in [1.807, 2.05) is 28.2 Å². The summed E-state index contributed by atoms with van der Waals surface area (Å²) in [4.78, 5) is 29.9. The normalized spacial score (nSPS) is 11.4. The third kappa shape index (κ3) is 6.10. The van der Waals surface area contributed by atoms with E-state index < -0.39 is 5.97 Å². The smallest absolute Gasteiger partial charge is 0.341 e. The molecule has 0 aliphatic carbocycles. The average Bonchev–Trinajstić information content (AvgIpc) is 3.46. The van der Waals surface area contributed by atoms with Crippen LogP contribution in [0.25, 0.3) is 6.08 Å². The fraction of sp³-hybridized carbons (Fsp3) is 0.320. The third-order valence-corrected chi connectivity index (χ3v) is 6.12. The highest BCUT2D eigenvalue weighted by Crippen LogP contribution is 2.23. The number of benzene rings is 1. The maximum Gasteiger partial charge on any atom is 0.341 e. The molecule has 0 bridgehead atoms. The highest BCUT2D eigenvalue weighted by atomic mass is 32.1. The first-order chi connectivity index (χ1) is 16.0. The summed E-state index contributed by atoms with van der Waals surface area (Å²) < 4.78 is 11.7. The van der Waals surface area contributed by atoms with Crippen LogP contribution in [-0.4, -0.2) is 40.8 Å². The van der Waals surface area contributed by atoms with E-state index in [9.17, 15) is 14.7 Å². The number of rotatable bonds is 10. The quantitative estimate of drug-likeness (QED) is 0.345. The highest BCUT2D eigenvalue weighted by Gasteiger charge is 2.17. The predicted molar refractivity (Wildman–Crippen MR) is 127 cm³/mol. The highest BCUT2D eigenvalue weighted by molar-refractivity contribution is 7.09. The lowest BCUT2D eigenvalue weighted by Gasteiger charge is -2.13. The van der Waals surface area contributed by atoms with Crippen molar-refractivity contribution in [1.29, 1.82) is 0 Å². The number of nitrogens with zero attached hydrogens (tertiary/aromatic N) is 2. The molecule has 1 aromatic carbocycles. The first-order valence-electron chi connectivity index (χ1n) is 10.7. The molecule has 7 nitrogen and oxygen atoms in total. The molecule has 0 aliphatic heterocycles. The van der Waals surface area contributed by atoms with Crippen molar-refractivity contribution >= 4 is 29.4 Å². The molecule has 3 aromatic rings. The van der Waals surface area contributed by atoms with E-state index in [0.717, 1.165) is 41.2 Å². The number of carbonyl (C=O) groups is 2. The molecule has 33 heavy (non-hydrogen) atoms. The Morgan fingerprint density at radius 1 is 1.21 bits per heavy atom. The second kappa shape index (κ2) is 11.5. The number of esters is 2. The number of aromatic nitrogens is 2. The van der Waals surface area contributed by atoms with Crippen molar-refractivity contribution in [2.24, 2.45) is 0 Å². The standard InChI is InChI=1S/C25H28N2O5S/c1-4-5-8-23-26-15-19(13-18(24(29)31-2)14-20-7-6-11-33-20)27(23)16-17-9-10-21(22(28)12-17)25(30)32-3/h6-7,9-13,15,28H,4-5,8,14,16H2,1-3H3. The Hall–Kier alpha value is -3.39. The van der Waals surface area contributed by atoms with E-state index in [2.05, 4.69) is 11.9 Å². The molecule has 0 saturated heterocycles. The van der Waals surface area contributed by atoms with Crippen LogP contribution in [0.15, 0.2) is 47.5 Å². The molecule has 0 aliphatic rings. The van der Waals surface area contributed by atoms with Gasteiger partial charge in [0.2, 0.25) is 0 Å². The van der Waals surface area contributed by atoms with Crippen LogP contribution in [0.3, 0.4) is 0 Å². The van der Waals surface area contributed by atoms with Gasteiger partial charge in [-0.2, -0.15) is 0 Å². The molecule has 1 N–H and O–H groups in total. The summed E-state index contributed by atoms with van der Waals surface area (Å²) in [6.07, 6.45) is 6.83. The Balaban J connectivity index is 1.98. The van der Waals surface area contributed by atoms with E-state index in [0.29, 0.717) is 18.5 Å². The average molecular weight is 469 g/mol. The number of hydrogen-bond acceptors (Lipinski definition) is 7. The Labute approximate surface area is 197 Å². The lowest BCUT2D eigenvalue weighted by Crippen LogP contribution is -2.10. The van der Waals surface area contributed by atoms with Crippen molar-refractivity contribution < 1.29 is 24.2 Å². The predicted octanol–water partition coefficient (Wildman–Crippen LogP) is 4.63. The van der Waals surface area contributed by atoms with Crippen LogP contribution in [0, 0.1) is 0 Å². The summed E-state index contributed by atoms with van der Waals surface area (Å²) in [6, 6.07) is 8.81. The number of unbranched alkanes of at least 4 members (excludes halogenated alkanes) is 1. The number of imidazole rings is 1. The number of carbonyl (C=O) groups excluding carboxylic acids is 2. The molecule has 0 spiro atoms. The number of aryl methyl sites for hydroxylation is 1. The van der Waals surface area contributed by atoms with Gasteiger partial charge in [-0.05, 0) is 41.6 Å². The summed E-state index contributed by atoms with van der Waals surface area (Å²) in [6.45, 7) is 2.54. The molecule has 0 saturated carbocycles. The summed E-state index contributed by atoms with van der Waals surface area (Å²) in [5.74, 6) is -0.226. The van der Waals surface area contributed by atoms with Gasteiger partial charge in [-0.15, -0.1) is 11.3 Å². The minimum atomic E-state index is -0.592. The number of thiophene rings is 1. The second-order valence-electron chi connectivity index (χ2n) is 7.55. The van der Waals surface area contributed by atoms with Crippen LogP contribution in [0.5, 0.6) is 5.75 Å². The SMILES string of the molecule is CCCCc1ncc(C=C(Cc2cccs2)C(=O)OC)n1Cc1ccc(C(=O)OC)c(O)c1. The first-order valence-corrected chi connectivity index (χ1v) is 11.6. The number of methoxy groups -OCH3 is 2. The van der Waals surface area contributed by atoms with Crippen LogP contribution in [0.1, 0.15) is 52.1 Å². The lowest BCUT2D eigenvalue weighted by molar-refractivity contribution is -0.136. The summed E-state index contributed by atoms with van der Waals surface area (Å²) >= 11 is 1.58. The van der Waals surface area contributed by atoms with Gasteiger partial charge in [-0.1, -0.05) is 25.5 Å². The Bertz CT molecular complexity index is 1130. The van der Waals surface area contributed by atoms with Gasteiger partial charge in [0.15, 0.2) is 0 Å². The van der Waals surface area contributed by atoms with E-state index >= 15 is 0 Å². The Kier molecular flexibility index (Phi) is 8.43. The van der Waals surface area contributed by atoms with Crippen molar-refractivity contribution in [2.45, 2.75) is 39.2 Å². The molecule has 0 radical (unpaired) electrons. The maximum absolute atomic E-state index is 12.5. The third-order valence-electron chi connectivity index (χ3n) is 5.25. The minimum absolute atomic E-state index is 0.113. The van der Waals surface area contributed by atoms with Crippen molar-refractivity contribution in [3.8, 4) is 5.75 Å². The molecule has 0 atom stereocenters. The van der Waals surface area contributed by atoms with Crippen LogP contribution in [-0.2, 0) is 33.7 Å². The number of phenols is 1. The largest absolute Gasteiger partial charge is 0.507 e. The van der Waals surface area contributed by atoms with Gasteiger partial charge >= 0.3 is 11.9 Å². The van der Waals surface area contributed by atoms with Gasteiger partial charge in [0.1, 0.15) is 17.1 Å². The number of aromatic hydroxyl groups is 1. The van der Waals surface area contributed by atoms with Crippen LogP contribution >= 0.6 is 11.3 Å². The van der Waals surface area contributed by atoms with Gasteiger partial charge in [-0.25, -0.2) is 14.6 Å². The minimum Gasteiger partial charge on any atom is -0.507 e. The van der Waals surface area contributed by atoms with Gasteiger partial charge < -0.3 is 19.1 Å². The van der Waals surface area contributed by atoms with Crippen molar-refractivity contribution in [3.05, 3.63) is 75.0 Å².